The van der Waals surface area contributed by atoms with E-state index >= 15 is 0 Å². The Morgan fingerprint density at radius 1 is 1.37 bits per heavy atom. The van der Waals surface area contributed by atoms with Gasteiger partial charge in [0.2, 0.25) is 0 Å². The van der Waals surface area contributed by atoms with Crippen LogP contribution in [0.3, 0.4) is 0 Å². The maximum atomic E-state index is 11.2. The molecule has 3 rings (SSSR count). The summed E-state index contributed by atoms with van der Waals surface area (Å²) < 4.78 is 0. The van der Waals surface area contributed by atoms with E-state index in [0.29, 0.717) is 23.1 Å². The highest BCUT2D eigenvalue weighted by atomic mass is 32.1. The van der Waals surface area contributed by atoms with Gasteiger partial charge in [0.1, 0.15) is 16.8 Å². The summed E-state index contributed by atoms with van der Waals surface area (Å²) in [4.78, 5) is 24.6. The fraction of sp³-hybridized carbons (Fsp3) is 0.444. The molecule has 0 spiro atoms. The number of aromatic nitrogens is 2. The first-order valence-electron chi connectivity index (χ1n) is 8.97. The predicted molar refractivity (Wildman–Crippen MR) is 105 cm³/mol. The molecule has 3 N–H and O–H groups in total. The average Bonchev–Trinajstić information content (AvgIpc) is 3.14. The van der Waals surface area contributed by atoms with Crippen LogP contribution >= 0.6 is 11.3 Å². The monoisotopic (exact) mass is 385 g/mol. The van der Waals surface area contributed by atoms with Crippen molar-refractivity contribution in [3.05, 3.63) is 34.5 Å². The third-order valence-corrected chi connectivity index (χ3v) is 5.37. The molecule has 0 atom stereocenters. The molecule has 2 aromatic rings. The molecule has 0 radical (unpaired) electrons. The molecule has 0 unspecified atom stereocenters. The van der Waals surface area contributed by atoms with Crippen molar-refractivity contribution in [1.82, 2.24) is 19.8 Å². The number of amides is 2. The van der Waals surface area contributed by atoms with Crippen molar-refractivity contribution in [2.75, 3.05) is 38.0 Å². The van der Waals surface area contributed by atoms with Crippen LogP contribution in [-0.4, -0.2) is 58.5 Å². The molecule has 1 fully saturated rings. The highest BCUT2D eigenvalue weighted by molar-refractivity contribution is 7.16. The zero-order valence-corrected chi connectivity index (χ0v) is 16.1. The zero-order chi connectivity index (χ0) is 19.2. The van der Waals surface area contributed by atoms with E-state index in [9.17, 15) is 4.79 Å². The lowest BCUT2D eigenvalue weighted by atomic mass is 10.1. The maximum absolute atomic E-state index is 11.2. The Bertz CT molecular complexity index is 836. The summed E-state index contributed by atoms with van der Waals surface area (Å²) in [7, 11) is 0. The van der Waals surface area contributed by atoms with Gasteiger partial charge in [-0.1, -0.05) is 18.3 Å². The molecular formula is C18H23N7OS. The number of hydrogen-bond donors (Lipinski definition) is 2. The van der Waals surface area contributed by atoms with Crippen molar-refractivity contribution < 1.29 is 4.79 Å². The normalized spacial score (nSPS) is 14.7. The molecule has 142 valence electrons. The lowest BCUT2D eigenvalue weighted by Gasteiger charge is -2.33. The minimum Gasteiger partial charge on any atom is -0.351 e. The first-order chi connectivity index (χ1) is 13.1. The fourth-order valence-electron chi connectivity index (χ4n) is 3.01. The first-order valence-corrected chi connectivity index (χ1v) is 9.78. The fourth-order valence-corrected chi connectivity index (χ4v) is 3.63. The van der Waals surface area contributed by atoms with Gasteiger partial charge in [0.25, 0.3) is 0 Å². The number of carbonyl (C=O) groups excluding carboxylic acids is 1. The van der Waals surface area contributed by atoms with Crippen molar-refractivity contribution in [1.29, 1.82) is 5.26 Å². The Kier molecular flexibility index (Phi) is 6.21. The molecule has 0 aromatic carbocycles. The van der Waals surface area contributed by atoms with E-state index in [1.54, 1.807) is 11.1 Å². The number of urea groups is 1. The Balaban J connectivity index is 1.61. The smallest absolute Gasteiger partial charge is 0.314 e. The van der Waals surface area contributed by atoms with Gasteiger partial charge in [0.05, 0.1) is 6.20 Å². The van der Waals surface area contributed by atoms with Crippen molar-refractivity contribution in [2.45, 2.75) is 19.8 Å². The summed E-state index contributed by atoms with van der Waals surface area (Å²) in [5.74, 6) is 0.752. The summed E-state index contributed by atoms with van der Waals surface area (Å²) in [6.45, 7) is 6.06. The van der Waals surface area contributed by atoms with Crippen molar-refractivity contribution in [2.24, 2.45) is 5.73 Å². The predicted octanol–water partition coefficient (Wildman–Crippen LogP) is 1.95. The SMILES string of the molecule is CCc1cc(CCN2CCN(C(N)=O)CC2)cc(Nc2ncc(C#N)s2)n1. The molecule has 2 aromatic heterocycles. The topological polar surface area (TPSA) is 111 Å². The van der Waals surface area contributed by atoms with Gasteiger partial charge in [-0.2, -0.15) is 5.26 Å². The highest BCUT2D eigenvalue weighted by Crippen LogP contribution is 2.22. The van der Waals surface area contributed by atoms with Gasteiger partial charge < -0.3 is 16.0 Å². The first kappa shape index (κ1) is 19.1. The minimum atomic E-state index is -0.339. The Hall–Kier alpha value is -2.70. The van der Waals surface area contributed by atoms with Gasteiger partial charge in [0, 0.05) is 38.4 Å². The second-order valence-electron chi connectivity index (χ2n) is 6.39. The van der Waals surface area contributed by atoms with Gasteiger partial charge in [-0.25, -0.2) is 14.8 Å². The van der Waals surface area contributed by atoms with Crippen LogP contribution in [0.15, 0.2) is 18.3 Å². The van der Waals surface area contributed by atoms with Crippen LogP contribution in [-0.2, 0) is 12.8 Å². The van der Waals surface area contributed by atoms with Crippen molar-refractivity contribution in [3.63, 3.8) is 0 Å². The van der Waals surface area contributed by atoms with Gasteiger partial charge in [0.15, 0.2) is 5.13 Å². The van der Waals surface area contributed by atoms with Gasteiger partial charge in [-0.15, -0.1) is 0 Å². The van der Waals surface area contributed by atoms with Gasteiger partial charge in [-0.05, 0) is 30.5 Å². The largest absolute Gasteiger partial charge is 0.351 e. The van der Waals surface area contributed by atoms with Crippen LogP contribution in [0.25, 0.3) is 0 Å². The second-order valence-corrected chi connectivity index (χ2v) is 7.42. The highest BCUT2D eigenvalue weighted by Gasteiger charge is 2.18. The van der Waals surface area contributed by atoms with E-state index in [1.165, 1.54) is 16.9 Å². The molecule has 1 aliphatic heterocycles. The number of hydrogen-bond acceptors (Lipinski definition) is 7. The van der Waals surface area contributed by atoms with Gasteiger partial charge >= 0.3 is 6.03 Å². The lowest BCUT2D eigenvalue weighted by molar-refractivity contribution is 0.146. The van der Waals surface area contributed by atoms with E-state index < -0.39 is 0 Å². The van der Waals surface area contributed by atoms with E-state index in [0.717, 1.165) is 44.0 Å². The molecule has 8 nitrogen and oxygen atoms in total. The number of pyridine rings is 1. The number of anilines is 2. The summed E-state index contributed by atoms with van der Waals surface area (Å²) in [5.41, 5.74) is 7.56. The number of piperazine rings is 1. The number of nitrogens with zero attached hydrogens (tertiary/aromatic N) is 5. The number of carbonyl (C=O) groups is 1. The molecule has 2 amide bonds. The number of rotatable bonds is 6. The van der Waals surface area contributed by atoms with E-state index in [2.05, 4.69) is 39.2 Å². The van der Waals surface area contributed by atoms with Crippen molar-refractivity contribution >= 4 is 28.3 Å². The zero-order valence-electron chi connectivity index (χ0n) is 15.3. The summed E-state index contributed by atoms with van der Waals surface area (Å²) in [5, 5.41) is 12.8. The Morgan fingerprint density at radius 3 is 2.78 bits per heavy atom. The van der Waals surface area contributed by atoms with Crippen LogP contribution in [0.1, 0.15) is 23.1 Å². The number of thiazole rings is 1. The maximum Gasteiger partial charge on any atom is 0.314 e. The molecule has 0 aliphatic carbocycles. The lowest BCUT2D eigenvalue weighted by Crippen LogP contribution is -2.50. The molecule has 3 heterocycles. The van der Waals surface area contributed by atoms with E-state index in [1.807, 2.05) is 6.07 Å². The molecule has 27 heavy (non-hydrogen) atoms. The third-order valence-electron chi connectivity index (χ3n) is 4.55. The number of nitrogens with two attached hydrogens (primary N) is 1. The number of aryl methyl sites for hydroxylation is 1. The van der Waals surface area contributed by atoms with Crippen LogP contribution in [0.5, 0.6) is 0 Å². The van der Waals surface area contributed by atoms with Crippen molar-refractivity contribution in [3.8, 4) is 6.07 Å². The minimum absolute atomic E-state index is 0.339. The molecule has 1 saturated heterocycles. The molecular weight excluding hydrogens is 362 g/mol. The van der Waals surface area contributed by atoms with Crippen LogP contribution in [0.2, 0.25) is 0 Å². The summed E-state index contributed by atoms with van der Waals surface area (Å²) >= 11 is 1.31. The van der Waals surface area contributed by atoms with E-state index in [4.69, 9.17) is 11.0 Å². The number of primary amides is 1. The van der Waals surface area contributed by atoms with Crippen LogP contribution in [0, 0.1) is 11.3 Å². The van der Waals surface area contributed by atoms with Gasteiger partial charge in [-0.3, -0.25) is 4.90 Å². The second kappa shape index (κ2) is 8.79. The standard InChI is InChI=1S/C18H23N7OS/c1-2-14-9-13(3-4-24-5-7-25(8-6-24)17(20)26)10-16(22-14)23-18-21-12-15(11-19)27-18/h9-10,12H,2-8H2,1H3,(H2,20,26)(H,21,22,23). The van der Waals surface area contributed by atoms with E-state index in [-0.39, 0.29) is 6.03 Å². The summed E-state index contributed by atoms with van der Waals surface area (Å²) in [6, 6.07) is 5.92. The molecule has 0 bridgehead atoms. The third kappa shape index (κ3) is 5.15. The Labute approximate surface area is 162 Å². The summed E-state index contributed by atoms with van der Waals surface area (Å²) in [6.07, 6.45) is 3.31. The van der Waals surface area contributed by atoms with Crippen LogP contribution < -0.4 is 11.1 Å². The molecule has 9 heteroatoms. The average molecular weight is 385 g/mol. The molecule has 0 saturated carbocycles. The number of nitriles is 1. The molecule has 1 aliphatic rings. The van der Waals surface area contributed by atoms with Crippen LogP contribution in [0.4, 0.5) is 15.7 Å². The quantitative estimate of drug-likeness (QED) is 0.786. The number of nitrogens with one attached hydrogen (secondary N) is 1. The Morgan fingerprint density at radius 2 is 2.15 bits per heavy atom.